The lowest BCUT2D eigenvalue weighted by Crippen LogP contribution is -2.24. The van der Waals surface area contributed by atoms with E-state index in [0.29, 0.717) is 18.7 Å². The predicted octanol–water partition coefficient (Wildman–Crippen LogP) is 5.46. The zero-order chi connectivity index (χ0) is 22.2. The van der Waals surface area contributed by atoms with Gasteiger partial charge in [-0.15, -0.1) is 11.3 Å². The number of hydrogen-bond donors (Lipinski definition) is 1. The molecule has 0 fully saturated rings. The molecular formula is C26H23N3O2S. The van der Waals surface area contributed by atoms with Gasteiger partial charge >= 0.3 is 0 Å². The van der Waals surface area contributed by atoms with Crippen molar-refractivity contribution in [1.29, 1.82) is 0 Å². The molecule has 0 saturated carbocycles. The van der Waals surface area contributed by atoms with Gasteiger partial charge in [0.05, 0.1) is 18.8 Å². The molecule has 32 heavy (non-hydrogen) atoms. The summed E-state index contributed by atoms with van der Waals surface area (Å²) in [5, 5.41) is 5.89. The molecule has 0 radical (unpaired) electrons. The van der Waals surface area contributed by atoms with Crippen molar-refractivity contribution in [2.75, 3.05) is 6.61 Å². The molecule has 0 atom stereocenters. The maximum atomic E-state index is 13.1. The molecule has 6 heteroatoms. The van der Waals surface area contributed by atoms with E-state index in [9.17, 15) is 4.79 Å². The summed E-state index contributed by atoms with van der Waals surface area (Å²) >= 11 is 1.55. The van der Waals surface area contributed by atoms with Crippen molar-refractivity contribution in [3.05, 3.63) is 101 Å². The fraction of sp³-hybridized carbons (Fsp3) is 0.115. The summed E-state index contributed by atoms with van der Waals surface area (Å²) in [6.07, 6.45) is 5.38. The lowest BCUT2D eigenvalue weighted by Gasteiger charge is -2.09. The van der Waals surface area contributed by atoms with Crippen molar-refractivity contribution in [2.45, 2.75) is 13.5 Å². The summed E-state index contributed by atoms with van der Waals surface area (Å²) in [6.45, 7) is 2.92. The van der Waals surface area contributed by atoms with Gasteiger partial charge in [0.15, 0.2) is 0 Å². The Kier molecular flexibility index (Phi) is 7.05. The number of amides is 1. The van der Waals surface area contributed by atoms with E-state index in [1.54, 1.807) is 23.7 Å². The number of ether oxygens (including phenoxy) is 1. The van der Waals surface area contributed by atoms with Crippen molar-refractivity contribution in [2.24, 2.45) is 0 Å². The molecule has 0 aliphatic rings. The third-order valence-corrected chi connectivity index (χ3v) is 5.68. The Morgan fingerprint density at radius 3 is 2.50 bits per heavy atom. The Balaban J connectivity index is 1.51. The number of hydrogen-bond acceptors (Lipinski definition) is 5. The molecule has 160 valence electrons. The van der Waals surface area contributed by atoms with Crippen LogP contribution in [0, 0.1) is 0 Å². The van der Waals surface area contributed by atoms with Gasteiger partial charge in [-0.3, -0.25) is 9.78 Å². The maximum absolute atomic E-state index is 13.1. The Hall–Kier alpha value is -3.77. The van der Waals surface area contributed by atoms with Crippen LogP contribution in [0.4, 0.5) is 0 Å². The van der Waals surface area contributed by atoms with Crippen LogP contribution in [0.1, 0.15) is 23.7 Å². The number of nitrogens with one attached hydrogen (secondary N) is 1. The summed E-state index contributed by atoms with van der Waals surface area (Å²) in [7, 11) is 0. The number of carbonyl (C=O) groups is 1. The largest absolute Gasteiger partial charge is 0.494 e. The van der Waals surface area contributed by atoms with Gasteiger partial charge in [0, 0.05) is 28.9 Å². The van der Waals surface area contributed by atoms with Gasteiger partial charge in [0.2, 0.25) is 0 Å². The Labute approximate surface area is 191 Å². The second-order valence-corrected chi connectivity index (χ2v) is 7.85. The highest BCUT2D eigenvalue weighted by atomic mass is 32.1. The van der Waals surface area contributed by atoms with Crippen LogP contribution >= 0.6 is 11.3 Å². The van der Waals surface area contributed by atoms with E-state index in [4.69, 9.17) is 4.74 Å². The lowest BCUT2D eigenvalue weighted by atomic mass is 10.0. The predicted molar refractivity (Wildman–Crippen MR) is 129 cm³/mol. The summed E-state index contributed by atoms with van der Waals surface area (Å²) in [5.74, 6) is 0.660. The Morgan fingerprint density at radius 2 is 1.78 bits per heavy atom. The van der Waals surface area contributed by atoms with Gasteiger partial charge in [-0.1, -0.05) is 42.5 Å². The van der Waals surface area contributed by atoms with Crippen molar-refractivity contribution < 1.29 is 9.53 Å². The third-order valence-electron chi connectivity index (χ3n) is 4.74. The molecule has 2 aromatic heterocycles. The highest BCUT2D eigenvalue weighted by Gasteiger charge is 2.13. The van der Waals surface area contributed by atoms with E-state index in [0.717, 1.165) is 33.1 Å². The highest BCUT2D eigenvalue weighted by Crippen LogP contribution is 2.24. The SMILES string of the molecule is CCOc1ccc(/C=C(/C(=O)NCc2csc(-c3ccncc3)n2)c2ccccc2)cc1. The van der Waals surface area contributed by atoms with E-state index in [-0.39, 0.29) is 5.91 Å². The Bertz CT molecular complexity index is 1190. The molecular weight excluding hydrogens is 418 g/mol. The molecule has 2 heterocycles. The number of benzene rings is 2. The van der Waals surface area contributed by atoms with Gasteiger partial charge in [0.1, 0.15) is 10.8 Å². The number of thiazole rings is 1. The molecule has 0 unspecified atom stereocenters. The molecule has 4 aromatic rings. The molecule has 5 nitrogen and oxygen atoms in total. The second-order valence-electron chi connectivity index (χ2n) is 6.99. The first-order chi connectivity index (χ1) is 15.7. The standard InChI is InChI=1S/C26H23N3O2S/c1-2-31-23-10-8-19(9-11-23)16-24(20-6-4-3-5-7-20)25(30)28-17-22-18-32-26(29-22)21-12-14-27-15-13-21/h3-16,18H,2,17H2,1H3,(H,28,30)/b24-16+. The topological polar surface area (TPSA) is 64.1 Å². The van der Waals surface area contributed by atoms with Crippen molar-refractivity contribution in [3.8, 4) is 16.3 Å². The molecule has 0 aliphatic heterocycles. The van der Waals surface area contributed by atoms with Crippen LogP contribution in [0.25, 0.3) is 22.2 Å². The van der Waals surface area contributed by atoms with Gasteiger partial charge in [-0.2, -0.15) is 0 Å². The summed E-state index contributed by atoms with van der Waals surface area (Å²) < 4.78 is 5.51. The fourth-order valence-electron chi connectivity index (χ4n) is 3.17. The zero-order valence-corrected chi connectivity index (χ0v) is 18.5. The lowest BCUT2D eigenvalue weighted by molar-refractivity contribution is -0.115. The van der Waals surface area contributed by atoms with Gasteiger partial charge < -0.3 is 10.1 Å². The van der Waals surface area contributed by atoms with Crippen LogP contribution in [0.15, 0.2) is 84.5 Å². The minimum Gasteiger partial charge on any atom is -0.494 e. The first-order valence-corrected chi connectivity index (χ1v) is 11.2. The van der Waals surface area contributed by atoms with Crippen molar-refractivity contribution in [1.82, 2.24) is 15.3 Å². The van der Waals surface area contributed by atoms with Crippen LogP contribution < -0.4 is 10.1 Å². The quantitative estimate of drug-likeness (QED) is 0.291. The summed E-state index contributed by atoms with van der Waals surface area (Å²) in [4.78, 5) is 21.8. The van der Waals surface area contributed by atoms with E-state index < -0.39 is 0 Å². The summed E-state index contributed by atoms with van der Waals surface area (Å²) in [6, 6.07) is 21.2. The number of nitrogens with zero attached hydrogens (tertiary/aromatic N) is 2. The number of aromatic nitrogens is 2. The molecule has 1 amide bonds. The Morgan fingerprint density at radius 1 is 1.03 bits per heavy atom. The number of pyridine rings is 1. The summed E-state index contributed by atoms with van der Waals surface area (Å²) in [5.41, 5.74) is 4.22. The van der Waals surface area contributed by atoms with Crippen LogP contribution in [0.5, 0.6) is 5.75 Å². The van der Waals surface area contributed by atoms with E-state index in [2.05, 4.69) is 15.3 Å². The molecule has 0 aliphatic carbocycles. The molecule has 1 N–H and O–H groups in total. The molecule has 2 aromatic carbocycles. The van der Waals surface area contributed by atoms with Crippen LogP contribution in [-0.2, 0) is 11.3 Å². The van der Waals surface area contributed by atoms with Crippen LogP contribution in [0.2, 0.25) is 0 Å². The monoisotopic (exact) mass is 441 g/mol. The average Bonchev–Trinajstić information content (AvgIpc) is 3.32. The highest BCUT2D eigenvalue weighted by molar-refractivity contribution is 7.13. The first kappa shape index (κ1) is 21.5. The van der Waals surface area contributed by atoms with E-state index in [1.165, 1.54) is 0 Å². The zero-order valence-electron chi connectivity index (χ0n) is 17.7. The molecule has 0 bridgehead atoms. The number of carbonyl (C=O) groups excluding carboxylic acids is 1. The third kappa shape index (κ3) is 5.47. The minimum absolute atomic E-state index is 0.149. The average molecular weight is 442 g/mol. The molecule has 0 spiro atoms. The van der Waals surface area contributed by atoms with E-state index in [1.807, 2.05) is 85.1 Å². The maximum Gasteiger partial charge on any atom is 0.252 e. The van der Waals surface area contributed by atoms with Gasteiger partial charge in [-0.05, 0) is 48.4 Å². The molecule has 0 saturated heterocycles. The minimum atomic E-state index is -0.149. The number of rotatable bonds is 8. The van der Waals surface area contributed by atoms with E-state index >= 15 is 0 Å². The van der Waals surface area contributed by atoms with Crippen LogP contribution in [0.3, 0.4) is 0 Å². The van der Waals surface area contributed by atoms with Crippen molar-refractivity contribution >= 4 is 28.9 Å². The van der Waals surface area contributed by atoms with Gasteiger partial charge in [-0.25, -0.2) is 4.98 Å². The van der Waals surface area contributed by atoms with Crippen LogP contribution in [-0.4, -0.2) is 22.5 Å². The smallest absolute Gasteiger partial charge is 0.252 e. The molecule has 4 rings (SSSR count). The fourth-order valence-corrected chi connectivity index (χ4v) is 4.00. The van der Waals surface area contributed by atoms with Gasteiger partial charge in [0.25, 0.3) is 5.91 Å². The van der Waals surface area contributed by atoms with Crippen molar-refractivity contribution in [3.63, 3.8) is 0 Å². The normalized spacial score (nSPS) is 11.2. The second kappa shape index (κ2) is 10.5. The first-order valence-electron chi connectivity index (χ1n) is 10.4.